The van der Waals surface area contributed by atoms with Crippen molar-refractivity contribution in [2.24, 2.45) is 0 Å². The lowest BCUT2D eigenvalue weighted by atomic mass is 10.3. The minimum absolute atomic E-state index is 0.0320. The monoisotopic (exact) mass is 332 g/mol. The summed E-state index contributed by atoms with van der Waals surface area (Å²) in [5, 5.41) is 2.67. The molecular formula is C17H20N2O3S. The highest BCUT2D eigenvalue weighted by Gasteiger charge is 2.15. The van der Waals surface area contributed by atoms with Crippen LogP contribution in [-0.4, -0.2) is 30.4 Å². The van der Waals surface area contributed by atoms with E-state index in [4.69, 9.17) is 9.47 Å². The average molecular weight is 332 g/mol. The fourth-order valence-electron chi connectivity index (χ4n) is 1.97. The van der Waals surface area contributed by atoms with E-state index < -0.39 is 0 Å². The van der Waals surface area contributed by atoms with Crippen molar-refractivity contribution in [3.05, 3.63) is 48.3 Å². The molecule has 0 spiro atoms. The van der Waals surface area contributed by atoms with E-state index in [1.165, 1.54) is 11.8 Å². The summed E-state index contributed by atoms with van der Waals surface area (Å²) in [6.07, 6.45) is 1.71. The molecule has 0 fully saturated rings. The largest absolute Gasteiger partial charge is 0.493 e. The summed E-state index contributed by atoms with van der Waals surface area (Å²) in [5.41, 5.74) is 0.837. The van der Waals surface area contributed by atoms with Gasteiger partial charge < -0.3 is 14.8 Å². The van der Waals surface area contributed by atoms with Gasteiger partial charge in [-0.25, -0.2) is 0 Å². The van der Waals surface area contributed by atoms with Gasteiger partial charge in [0.2, 0.25) is 5.91 Å². The summed E-state index contributed by atoms with van der Waals surface area (Å²) in [5.74, 6) is 1.29. The van der Waals surface area contributed by atoms with Gasteiger partial charge in [-0.3, -0.25) is 9.78 Å². The van der Waals surface area contributed by atoms with Crippen LogP contribution in [0.2, 0.25) is 0 Å². The van der Waals surface area contributed by atoms with Crippen LogP contribution in [0.1, 0.15) is 12.6 Å². The van der Waals surface area contributed by atoms with Crippen LogP contribution < -0.4 is 14.8 Å². The summed E-state index contributed by atoms with van der Waals surface area (Å²) in [6.45, 7) is 2.30. The molecule has 1 amide bonds. The van der Waals surface area contributed by atoms with Crippen molar-refractivity contribution in [1.82, 2.24) is 10.3 Å². The van der Waals surface area contributed by atoms with Crippen molar-refractivity contribution in [2.45, 2.75) is 23.6 Å². The van der Waals surface area contributed by atoms with Crippen LogP contribution in [0, 0.1) is 0 Å². The number of aromatic nitrogens is 1. The van der Waals surface area contributed by atoms with Gasteiger partial charge in [0.05, 0.1) is 31.7 Å². The predicted molar refractivity (Wildman–Crippen MR) is 90.9 cm³/mol. The van der Waals surface area contributed by atoms with Gasteiger partial charge in [-0.15, -0.1) is 11.8 Å². The lowest BCUT2D eigenvalue weighted by Gasteiger charge is -2.13. The zero-order valence-electron chi connectivity index (χ0n) is 13.4. The average Bonchev–Trinajstić information content (AvgIpc) is 2.60. The van der Waals surface area contributed by atoms with E-state index in [1.807, 2.05) is 43.3 Å². The van der Waals surface area contributed by atoms with Gasteiger partial charge in [0.1, 0.15) is 0 Å². The molecular weight excluding hydrogens is 312 g/mol. The molecule has 0 bridgehead atoms. The minimum Gasteiger partial charge on any atom is -0.493 e. The molecule has 1 unspecified atom stereocenters. The Morgan fingerprint density at radius 3 is 2.65 bits per heavy atom. The van der Waals surface area contributed by atoms with E-state index in [2.05, 4.69) is 10.3 Å². The molecule has 1 N–H and O–H groups in total. The Bertz CT molecular complexity index is 650. The third kappa shape index (κ3) is 4.89. The molecule has 0 aliphatic heterocycles. The normalized spacial score (nSPS) is 11.6. The van der Waals surface area contributed by atoms with E-state index in [9.17, 15) is 4.79 Å². The van der Waals surface area contributed by atoms with Crippen LogP contribution in [0.3, 0.4) is 0 Å². The molecule has 2 rings (SSSR count). The fourth-order valence-corrected chi connectivity index (χ4v) is 2.89. The maximum absolute atomic E-state index is 12.2. The highest BCUT2D eigenvalue weighted by atomic mass is 32.2. The van der Waals surface area contributed by atoms with Gasteiger partial charge >= 0.3 is 0 Å². The zero-order valence-corrected chi connectivity index (χ0v) is 14.2. The van der Waals surface area contributed by atoms with Gasteiger partial charge in [0.25, 0.3) is 0 Å². The van der Waals surface area contributed by atoms with Crippen LogP contribution in [0.15, 0.2) is 47.5 Å². The molecule has 2 aromatic rings. The number of carbonyl (C=O) groups is 1. The number of hydrogen-bond donors (Lipinski definition) is 1. The first-order valence-electron chi connectivity index (χ1n) is 7.20. The van der Waals surface area contributed by atoms with Gasteiger partial charge in [-0.2, -0.15) is 0 Å². The molecule has 1 aromatic heterocycles. The Balaban J connectivity index is 1.93. The number of ether oxygens (including phenoxy) is 2. The number of nitrogens with zero attached hydrogens (tertiary/aromatic N) is 1. The third-order valence-electron chi connectivity index (χ3n) is 3.21. The maximum Gasteiger partial charge on any atom is 0.233 e. The summed E-state index contributed by atoms with van der Waals surface area (Å²) < 4.78 is 10.5. The number of carbonyl (C=O) groups excluding carboxylic acids is 1. The van der Waals surface area contributed by atoms with Crippen molar-refractivity contribution in [2.75, 3.05) is 14.2 Å². The molecule has 122 valence electrons. The molecule has 1 atom stereocenters. The number of amides is 1. The zero-order chi connectivity index (χ0) is 16.7. The Kier molecular flexibility index (Phi) is 6.29. The van der Waals surface area contributed by atoms with E-state index in [1.54, 1.807) is 20.4 Å². The molecule has 5 nitrogen and oxygen atoms in total. The number of methoxy groups -OCH3 is 2. The summed E-state index contributed by atoms with van der Waals surface area (Å²) in [7, 11) is 3.19. The first kappa shape index (κ1) is 17.1. The second-order valence-electron chi connectivity index (χ2n) is 4.82. The molecule has 1 aromatic carbocycles. The van der Waals surface area contributed by atoms with Gasteiger partial charge in [0, 0.05) is 11.1 Å². The molecule has 1 heterocycles. The minimum atomic E-state index is -0.225. The van der Waals surface area contributed by atoms with Crippen molar-refractivity contribution in [1.29, 1.82) is 0 Å². The summed E-state index contributed by atoms with van der Waals surface area (Å²) in [6, 6.07) is 11.2. The SMILES string of the molecule is COc1ccc(SC(C)C(=O)NCc2ccccn2)cc1OC. The first-order chi connectivity index (χ1) is 11.1. The van der Waals surface area contributed by atoms with Crippen molar-refractivity contribution < 1.29 is 14.3 Å². The van der Waals surface area contributed by atoms with Gasteiger partial charge in [-0.1, -0.05) is 6.07 Å². The Labute approximate surface area is 140 Å². The number of benzene rings is 1. The van der Waals surface area contributed by atoms with Crippen LogP contribution >= 0.6 is 11.8 Å². The van der Waals surface area contributed by atoms with Crippen LogP contribution in [0.4, 0.5) is 0 Å². The Hall–Kier alpha value is -2.21. The number of hydrogen-bond acceptors (Lipinski definition) is 5. The predicted octanol–water partition coefficient (Wildman–Crippen LogP) is 2.90. The Morgan fingerprint density at radius 1 is 1.22 bits per heavy atom. The van der Waals surface area contributed by atoms with Crippen LogP contribution in [0.25, 0.3) is 0 Å². The number of pyridine rings is 1. The topological polar surface area (TPSA) is 60.5 Å². The smallest absolute Gasteiger partial charge is 0.233 e. The first-order valence-corrected chi connectivity index (χ1v) is 8.08. The van der Waals surface area contributed by atoms with E-state index in [0.29, 0.717) is 18.0 Å². The fraction of sp³-hybridized carbons (Fsp3) is 0.294. The van der Waals surface area contributed by atoms with Gasteiger partial charge in [0.15, 0.2) is 11.5 Å². The van der Waals surface area contributed by atoms with Crippen molar-refractivity contribution >= 4 is 17.7 Å². The highest BCUT2D eigenvalue weighted by Crippen LogP contribution is 2.33. The van der Waals surface area contributed by atoms with E-state index >= 15 is 0 Å². The molecule has 6 heteroatoms. The molecule has 0 aliphatic rings. The molecule has 0 aliphatic carbocycles. The molecule has 0 saturated carbocycles. The van der Waals surface area contributed by atoms with Crippen LogP contribution in [0.5, 0.6) is 11.5 Å². The Morgan fingerprint density at radius 2 is 2.00 bits per heavy atom. The van der Waals surface area contributed by atoms with E-state index in [-0.39, 0.29) is 11.2 Å². The highest BCUT2D eigenvalue weighted by molar-refractivity contribution is 8.00. The lowest BCUT2D eigenvalue weighted by Crippen LogP contribution is -2.30. The summed E-state index contributed by atoms with van der Waals surface area (Å²) >= 11 is 1.47. The third-order valence-corrected chi connectivity index (χ3v) is 4.30. The molecule has 0 radical (unpaired) electrons. The number of rotatable bonds is 7. The van der Waals surface area contributed by atoms with Gasteiger partial charge in [-0.05, 0) is 37.3 Å². The standard InChI is InChI=1S/C17H20N2O3S/c1-12(17(20)19-11-13-6-4-5-9-18-13)23-14-7-8-15(21-2)16(10-14)22-3/h4-10,12H,11H2,1-3H3,(H,19,20). The molecule has 0 saturated heterocycles. The van der Waals surface area contributed by atoms with E-state index in [0.717, 1.165) is 10.6 Å². The maximum atomic E-state index is 12.2. The quantitative estimate of drug-likeness (QED) is 0.790. The second kappa shape index (κ2) is 8.43. The molecule has 23 heavy (non-hydrogen) atoms. The second-order valence-corrected chi connectivity index (χ2v) is 6.23. The van der Waals surface area contributed by atoms with Crippen LogP contribution in [-0.2, 0) is 11.3 Å². The summed E-state index contributed by atoms with van der Waals surface area (Å²) in [4.78, 5) is 17.3. The number of thioether (sulfide) groups is 1. The number of nitrogens with one attached hydrogen (secondary N) is 1. The lowest BCUT2D eigenvalue weighted by molar-refractivity contribution is -0.120. The van der Waals surface area contributed by atoms with Crippen molar-refractivity contribution in [3.63, 3.8) is 0 Å². The van der Waals surface area contributed by atoms with Crippen molar-refractivity contribution in [3.8, 4) is 11.5 Å².